The highest BCUT2D eigenvalue weighted by Crippen LogP contribution is 2.31. The molecule has 0 aliphatic carbocycles. The van der Waals surface area contributed by atoms with Crippen LogP contribution in [-0.2, 0) is 18.9 Å². The van der Waals surface area contributed by atoms with Crippen LogP contribution in [0.5, 0.6) is 0 Å². The lowest BCUT2D eigenvalue weighted by Gasteiger charge is -2.10. The summed E-state index contributed by atoms with van der Waals surface area (Å²) in [5, 5.41) is 13.6. The fourth-order valence-corrected chi connectivity index (χ4v) is 3.68. The lowest BCUT2D eigenvalue weighted by Crippen LogP contribution is -2.15. The first-order valence-corrected chi connectivity index (χ1v) is 11.1. The highest BCUT2D eigenvalue weighted by molar-refractivity contribution is 5.95. The zero-order chi connectivity index (χ0) is 23.1. The molecule has 32 heavy (non-hydrogen) atoms. The van der Waals surface area contributed by atoms with Crippen molar-refractivity contribution in [3.63, 3.8) is 0 Å². The monoisotopic (exact) mass is 441 g/mol. The third-order valence-electron chi connectivity index (χ3n) is 5.40. The maximum absolute atomic E-state index is 14.4. The first-order chi connectivity index (χ1) is 15.4. The molecule has 0 unspecified atom stereocenters. The smallest absolute Gasteiger partial charge is 0.336 e. The molecule has 1 N–H and O–H groups in total. The topological polar surface area (TPSA) is 68.0 Å². The van der Waals surface area contributed by atoms with Crippen molar-refractivity contribution in [3.05, 3.63) is 71.3 Å². The van der Waals surface area contributed by atoms with E-state index in [1.807, 2.05) is 24.3 Å². The van der Waals surface area contributed by atoms with Gasteiger partial charge in [-0.05, 0) is 35.6 Å². The molecule has 3 aromatic rings. The summed E-state index contributed by atoms with van der Waals surface area (Å²) in [4.78, 5) is 15.7. The molecule has 0 radical (unpaired) electrons. The van der Waals surface area contributed by atoms with Gasteiger partial charge < -0.3 is 5.11 Å². The predicted molar refractivity (Wildman–Crippen MR) is 120 cm³/mol. The predicted octanol–water partition coefficient (Wildman–Crippen LogP) is 6.32. The molecule has 0 saturated heterocycles. The van der Waals surface area contributed by atoms with E-state index in [9.17, 15) is 18.7 Å². The van der Waals surface area contributed by atoms with Gasteiger partial charge in [-0.25, -0.2) is 14.5 Å². The Hall–Kier alpha value is -3.09. The van der Waals surface area contributed by atoms with Crippen molar-refractivity contribution in [1.29, 1.82) is 0 Å². The zero-order valence-electron chi connectivity index (χ0n) is 18.5. The maximum Gasteiger partial charge on any atom is 0.336 e. The number of aryl methyl sites for hydroxylation is 1. The quantitative estimate of drug-likeness (QED) is 0.354. The zero-order valence-corrected chi connectivity index (χ0v) is 18.5. The Morgan fingerprint density at radius 3 is 2.41 bits per heavy atom. The number of carboxylic acids is 1. The second kappa shape index (κ2) is 10.5. The van der Waals surface area contributed by atoms with E-state index in [2.05, 4.69) is 17.0 Å². The Labute approximate surface area is 187 Å². The summed E-state index contributed by atoms with van der Waals surface area (Å²) in [6.45, 7) is 4.14. The number of hydrogen-bond donors (Lipinski definition) is 1. The van der Waals surface area contributed by atoms with Crippen LogP contribution in [-0.4, -0.2) is 25.8 Å². The number of benzene rings is 2. The van der Waals surface area contributed by atoms with E-state index >= 15 is 0 Å². The van der Waals surface area contributed by atoms with Crippen LogP contribution in [0.1, 0.15) is 73.5 Å². The van der Waals surface area contributed by atoms with Crippen LogP contribution in [0.4, 0.5) is 8.78 Å². The third kappa shape index (κ3) is 5.58. The lowest BCUT2D eigenvalue weighted by molar-refractivity contribution is -0.0232. The number of alkyl halides is 2. The van der Waals surface area contributed by atoms with Gasteiger partial charge in [0.2, 0.25) is 5.82 Å². The van der Waals surface area contributed by atoms with E-state index in [-0.39, 0.29) is 12.0 Å². The van der Waals surface area contributed by atoms with Gasteiger partial charge in [-0.1, -0.05) is 69.2 Å². The van der Waals surface area contributed by atoms with Crippen LogP contribution in [0.25, 0.3) is 11.1 Å². The fourth-order valence-electron chi connectivity index (χ4n) is 3.68. The van der Waals surface area contributed by atoms with E-state index in [1.54, 1.807) is 35.9 Å². The summed E-state index contributed by atoms with van der Waals surface area (Å²) in [7, 11) is 0. The molecule has 1 heterocycles. The van der Waals surface area contributed by atoms with Crippen molar-refractivity contribution >= 4 is 5.97 Å². The molecule has 0 amide bonds. The Bertz CT molecular complexity index is 1050. The average Bonchev–Trinajstić information content (AvgIpc) is 3.18. The van der Waals surface area contributed by atoms with Crippen molar-refractivity contribution in [1.82, 2.24) is 14.8 Å². The SMILES string of the molecule is CCCCCc1nc(C(F)(F)CCC)nn1Cc1ccc(-c2ccccc2C(=O)O)cc1. The second-order valence-electron chi connectivity index (χ2n) is 7.97. The number of hydrogen-bond acceptors (Lipinski definition) is 3. The molecule has 0 spiro atoms. The van der Waals surface area contributed by atoms with Gasteiger partial charge in [0.05, 0.1) is 12.1 Å². The summed E-state index contributed by atoms with van der Waals surface area (Å²) < 4.78 is 30.4. The van der Waals surface area contributed by atoms with Gasteiger partial charge in [0, 0.05) is 12.8 Å². The van der Waals surface area contributed by atoms with Gasteiger partial charge in [0.15, 0.2) is 0 Å². The van der Waals surface area contributed by atoms with Crippen molar-refractivity contribution in [2.75, 3.05) is 0 Å². The molecule has 0 fully saturated rings. The molecule has 3 rings (SSSR count). The molecule has 0 atom stereocenters. The maximum atomic E-state index is 14.4. The van der Waals surface area contributed by atoms with Crippen LogP contribution in [0.3, 0.4) is 0 Å². The molecular weight excluding hydrogens is 412 g/mol. The lowest BCUT2D eigenvalue weighted by atomic mass is 9.99. The first kappa shape index (κ1) is 23.6. The molecule has 0 bridgehead atoms. The van der Waals surface area contributed by atoms with E-state index in [4.69, 9.17) is 0 Å². The molecule has 7 heteroatoms. The van der Waals surface area contributed by atoms with E-state index in [0.29, 0.717) is 30.8 Å². The molecule has 2 aromatic carbocycles. The fraction of sp³-hybridized carbons (Fsp3) is 0.400. The van der Waals surface area contributed by atoms with Gasteiger partial charge in [0.25, 0.3) is 0 Å². The van der Waals surface area contributed by atoms with Gasteiger partial charge >= 0.3 is 11.9 Å². The molecular formula is C25H29F2N3O2. The first-order valence-electron chi connectivity index (χ1n) is 11.1. The number of aromatic nitrogens is 3. The number of unbranched alkanes of at least 4 members (excludes halogenated alkanes) is 2. The Balaban J connectivity index is 1.86. The minimum absolute atomic E-state index is 0.234. The van der Waals surface area contributed by atoms with Crippen LogP contribution in [0.2, 0.25) is 0 Å². The minimum atomic E-state index is -3.04. The van der Waals surface area contributed by atoms with Gasteiger partial charge in [-0.3, -0.25) is 0 Å². The molecule has 1 aromatic heterocycles. The van der Waals surface area contributed by atoms with E-state index in [0.717, 1.165) is 30.4 Å². The molecule has 0 aliphatic heterocycles. The van der Waals surface area contributed by atoms with E-state index in [1.165, 1.54) is 0 Å². The van der Waals surface area contributed by atoms with Crippen LogP contribution in [0, 0.1) is 0 Å². The van der Waals surface area contributed by atoms with Gasteiger partial charge in [-0.15, -0.1) is 5.10 Å². The summed E-state index contributed by atoms with van der Waals surface area (Å²) >= 11 is 0. The average molecular weight is 442 g/mol. The molecule has 0 aliphatic rings. The van der Waals surface area contributed by atoms with Crippen molar-refractivity contribution in [2.45, 2.75) is 64.8 Å². The van der Waals surface area contributed by atoms with Crippen LogP contribution < -0.4 is 0 Å². The number of halogens is 2. The summed E-state index contributed by atoms with van der Waals surface area (Å²) in [5.41, 5.74) is 2.53. The van der Waals surface area contributed by atoms with Crippen molar-refractivity contribution in [2.24, 2.45) is 0 Å². The molecule has 5 nitrogen and oxygen atoms in total. The molecule has 170 valence electrons. The van der Waals surface area contributed by atoms with Crippen molar-refractivity contribution < 1.29 is 18.7 Å². The summed E-state index contributed by atoms with van der Waals surface area (Å²) in [6.07, 6.45) is 3.60. The largest absolute Gasteiger partial charge is 0.478 e. The van der Waals surface area contributed by atoms with Gasteiger partial charge in [0.1, 0.15) is 5.82 Å². The number of aromatic carboxylic acids is 1. The summed E-state index contributed by atoms with van der Waals surface area (Å²) in [6, 6.07) is 14.3. The highest BCUT2D eigenvalue weighted by atomic mass is 19.3. The Morgan fingerprint density at radius 2 is 1.75 bits per heavy atom. The van der Waals surface area contributed by atoms with Crippen LogP contribution >= 0.6 is 0 Å². The van der Waals surface area contributed by atoms with E-state index < -0.39 is 17.7 Å². The summed E-state index contributed by atoms with van der Waals surface area (Å²) in [5.74, 6) is -3.85. The van der Waals surface area contributed by atoms with Crippen molar-refractivity contribution in [3.8, 4) is 11.1 Å². The number of nitrogens with zero attached hydrogens (tertiary/aromatic N) is 3. The number of carbonyl (C=O) groups is 1. The van der Waals surface area contributed by atoms with Crippen LogP contribution in [0.15, 0.2) is 48.5 Å². The number of rotatable bonds is 11. The second-order valence-corrected chi connectivity index (χ2v) is 7.97. The molecule has 0 saturated carbocycles. The normalized spacial score (nSPS) is 11.6. The number of carboxylic acid groups (broad SMARTS) is 1. The van der Waals surface area contributed by atoms with Gasteiger partial charge in [-0.2, -0.15) is 8.78 Å². The highest BCUT2D eigenvalue weighted by Gasteiger charge is 2.36. The minimum Gasteiger partial charge on any atom is -0.478 e. The Morgan fingerprint density at radius 1 is 1.03 bits per heavy atom. The standard InChI is InChI=1S/C25H29F2N3O2/c1-3-5-6-11-22-28-24(25(26,27)16-4-2)29-30(22)17-18-12-14-19(15-13-18)20-9-7-8-10-21(20)23(31)32/h7-10,12-15H,3-6,11,16-17H2,1-2H3,(H,31,32). The Kier molecular flexibility index (Phi) is 7.72. The third-order valence-corrected chi connectivity index (χ3v) is 5.40.